The first kappa shape index (κ1) is 14.2. The van der Waals surface area contributed by atoms with Crippen molar-refractivity contribution in [3.05, 3.63) is 52.0 Å². The van der Waals surface area contributed by atoms with Gasteiger partial charge in [-0.05, 0) is 51.8 Å². The quantitative estimate of drug-likeness (QED) is 0.841. The number of nitrogens with one attached hydrogen (secondary N) is 1. The lowest BCUT2D eigenvalue weighted by molar-refractivity contribution is 0.412. The lowest BCUT2D eigenvalue weighted by Gasteiger charge is -2.11. The SMILES string of the molecule is COc1ccc(CNc2ccc(C#N)cc2N)cc1Br. The summed E-state index contributed by atoms with van der Waals surface area (Å²) in [6.07, 6.45) is 0. The minimum Gasteiger partial charge on any atom is -0.496 e. The van der Waals surface area contributed by atoms with E-state index in [-0.39, 0.29) is 0 Å². The van der Waals surface area contributed by atoms with Crippen LogP contribution in [0.3, 0.4) is 0 Å². The standard InChI is InChI=1S/C15H14BrN3O/c1-20-15-5-3-11(6-12(15)16)9-19-14-4-2-10(8-17)7-13(14)18/h2-7,19H,9,18H2,1H3. The summed E-state index contributed by atoms with van der Waals surface area (Å²) in [4.78, 5) is 0. The number of halogens is 1. The van der Waals surface area contributed by atoms with Crippen molar-refractivity contribution in [1.29, 1.82) is 5.26 Å². The molecule has 0 amide bonds. The van der Waals surface area contributed by atoms with Crippen LogP contribution >= 0.6 is 15.9 Å². The zero-order chi connectivity index (χ0) is 14.5. The van der Waals surface area contributed by atoms with Gasteiger partial charge in [-0.15, -0.1) is 0 Å². The summed E-state index contributed by atoms with van der Waals surface area (Å²) >= 11 is 3.45. The van der Waals surface area contributed by atoms with Crippen LogP contribution in [-0.4, -0.2) is 7.11 Å². The van der Waals surface area contributed by atoms with Crippen molar-refractivity contribution in [2.75, 3.05) is 18.2 Å². The molecule has 20 heavy (non-hydrogen) atoms. The second kappa shape index (κ2) is 6.31. The zero-order valence-electron chi connectivity index (χ0n) is 11.0. The highest BCUT2D eigenvalue weighted by atomic mass is 79.9. The van der Waals surface area contributed by atoms with Crippen LogP contribution in [0, 0.1) is 11.3 Å². The highest BCUT2D eigenvalue weighted by molar-refractivity contribution is 9.10. The summed E-state index contributed by atoms with van der Waals surface area (Å²) in [5.41, 5.74) is 8.93. The van der Waals surface area contributed by atoms with Crippen molar-refractivity contribution in [3.63, 3.8) is 0 Å². The Bertz CT molecular complexity index is 665. The van der Waals surface area contributed by atoms with Gasteiger partial charge in [-0.2, -0.15) is 5.26 Å². The van der Waals surface area contributed by atoms with E-state index in [4.69, 9.17) is 15.7 Å². The molecule has 5 heteroatoms. The monoisotopic (exact) mass is 331 g/mol. The molecule has 0 bridgehead atoms. The summed E-state index contributed by atoms with van der Waals surface area (Å²) in [5.74, 6) is 0.798. The number of nitrogen functional groups attached to an aromatic ring is 1. The number of hydrogen-bond acceptors (Lipinski definition) is 4. The molecule has 0 fully saturated rings. The molecule has 0 atom stereocenters. The predicted molar refractivity (Wildman–Crippen MR) is 83.6 cm³/mol. The molecule has 0 spiro atoms. The van der Waals surface area contributed by atoms with E-state index >= 15 is 0 Å². The van der Waals surface area contributed by atoms with E-state index < -0.39 is 0 Å². The molecule has 2 aromatic rings. The molecule has 3 N–H and O–H groups in total. The third-order valence-electron chi connectivity index (χ3n) is 2.88. The van der Waals surface area contributed by atoms with Crippen LogP contribution in [0.15, 0.2) is 40.9 Å². The number of methoxy groups -OCH3 is 1. The highest BCUT2D eigenvalue weighted by Gasteiger charge is 2.03. The Balaban J connectivity index is 2.09. The Labute approximate surface area is 126 Å². The third-order valence-corrected chi connectivity index (χ3v) is 3.50. The Kier molecular flexibility index (Phi) is 4.49. The van der Waals surface area contributed by atoms with Gasteiger partial charge in [-0.3, -0.25) is 0 Å². The van der Waals surface area contributed by atoms with Crippen LogP contribution in [0.1, 0.15) is 11.1 Å². The molecule has 0 aliphatic heterocycles. The fraction of sp³-hybridized carbons (Fsp3) is 0.133. The maximum Gasteiger partial charge on any atom is 0.133 e. The van der Waals surface area contributed by atoms with E-state index in [0.29, 0.717) is 17.8 Å². The summed E-state index contributed by atoms with van der Waals surface area (Å²) < 4.78 is 6.10. The van der Waals surface area contributed by atoms with E-state index in [9.17, 15) is 0 Å². The molecule has 0 aliphatic rings. The maximum absolute atomic E-state index is 8.80. The topological polar surface area (TPSA) is 71.1 Å². The minimum atomic E-state index is 0.556. The van der Waals surface area contributed by atoms with Gasteiger partial charge in [0.25, 0.3) is 0 Å². The lowest BCUT2D eigenvalue weighted by Crippen LogP contribution is -2.03. The van der Waals surface area contributed by atoms with Gasteiger partial charge in [0, 0.05) is 6.54 Å². The van der Waals surface area contributed by atoms with Crippen molar-refractivity contribution in [1.82, 2.24) is 0 Å². The van der Waals surface area contributed by atoms with Gasteiger partial charge in [-0.1, -0.05) is 6.07 Å². The Morgan fingerprint density at radius 1 is 1.30 bits per heavy atom. The van der Waals surface area contributed by atoms with Crippen molar-refractivity contribution >= 4 is 27.3 Å². The third kappa shape index (κ3) is 3.22. The van der Waals surface area contributed by atoms with Crippen LogP contribution in [0.2, 0.25) is 0 Å². The molecule has 2 aromatic carbocycles. The van der Waals surface area contributed by atoms with Gasteiger partial charge in [0.2, 0.25) is 0 Å². The first-order valence-electron chi connectivity index (χ1n) is 6.00. The summed E-state index contributed by atoms with van der Waals surface area (Å²) in [6.45, 7) is 0.638. The largest absolute Gasteiger partial charge is 0.496 e. The number of rotatable bonds is 4. The van der Waals surface area contributed by atoms with E-state index in [2.05, 4.69) is 27.3 Å². The number of benzene rings is 2. The Morgan fingerprint density at radius 2 is 2.10 bits per heavy atom. The Morgan fingerprint density at radius 3 is 2.70 bits per heavy atom. The van der Waals surface area contributed by atoms with E-state index in [1.165, 1.54) is 0 Å². The molecule has 0 saturated heterocycles. The molecule has 0 aliphatic carbocycles. The molecular weight excluding hydrogens is 318 g/mol. The van der Waals surface area contributed by atoms with Crippen molar-refractivity contribution in [2.45, 2.75) is 6.54 Å². The van der Waals surface area contributed by atoms with Crippen molar-refractivity contribution < 1.29 is 4.74 Å². The van der Waals surface area contributed by atoms with Crippen molar-refractivity contribution in [2.24, 2.45) is 0 Å². The molecule has 102 valence electrons. The number of anilines is 2. The van der Waals surface area contributed by atoms with Crippen LogP contribution in [0.25, 0.3) is 0 Å². The lowest BCUT2D eigenvalue weighted by atomic mass is 10.1. The first-order chi connectivity index (χ1) is 9.63. The fourth-order valence-electron chi connectivity index (χ4n) is 1.81. The van der Waals surface area contributed by atoms with Gasteiger partial charge in [0.05, 0.1) is 34.6 Å². The number of nitriles is 1. The Hall–Kier alpha value is -2.19. The highest BCUT2D eigenvalue weighted by Crippen LogP contribution is 2.26. The minimum absolute atomic E-state index is 0.556. The van der Waals surface area contributed by atoms with Gasteiger partial charge < -0.3 is 15.8 Å². The molecule has 2 rings (SSSR count). The summed E-state index contributed by atoms with van der Waals surface area (Å²) in [6, 6.07) is 13.2. The second-order valence-corrected chi connectivity index (χ2v) is 5.09. The molecule has 0 radical (unpaired) electrons. The normalized spacial score (nSPS) is 9.85. The molecule has 0 aromatic heterocycles. The number of nitrogens with two attached hydrogens (primary N) is 1. The van der Waals surface area contributed by atoms with Gasteiger partial charge >= 0.3 is 0 Å². The zero-order valence-corrected chi connectivity index (χ0v) is 12.6. The number of hydrogen-bond donors (Lipinski definition) is 2. The first-order valence-corrected chi connectivity index (χ1v) is 6.79. The van der Waals surface area contributed by atoms with Gasteiger partial charge in [-0.25, -0.2) is 0 Å². The van der Waals surface area contributed by atoms with Gasteiger partial charge in [0.15, 0.2) is 0 Å². The molecule has 0 saturated carbocycles. The van der Waals surface area contributed by atoms with Crippen LogP contribution in [0.4, 0.5) is 11.4 Å². The van der Waals surface area contributed by atoms with Crippen LogP contribution in [-0.2, 0) is 6.54 Å². The maximum atomic E-state index is 8.80. The van der Waals surface area contributed by atoms with Crippen LogP contribution in [0.5, 0.6) is 5.75 Å². The molecule has 0 heterocycles. The number of nitrogens with zero attached hydrogens (tertiary/aromatic N) is 1. The summed E-state index contributed by atoms with van der Waals surface area (Å²) in [7, 11) is 1.63. The van der Waals surface area contributed by atoms with E-state index in [1.807, 2.05) is 24.3 Å². The fourth-order valence-corrected chi connectivity index (χ4v) is 2.40. The van der Waals surface area contributed by atoms with Gasteiger partial charge in [0.1, 0.15) is 5.75 Å². The van der Waals surface area contributed by atoms with Crippen molar-refractivity contribution in [3.8, 4) is 11.8 Å². The van der Waals surface area contributed by atoms with E-state index in [1.54, 1.807) is 19.2 Å². The predicted octanol–water partition coefficient (Wildman–Crippen LogP) is 3.52. The average Bonchev–Trinajstić information content (AvgIpc) is 2.46. The molecular formula is C15H14BrN3O. The number of ether oxygens (including phenoxy) is 1. The van der Waals surface area contributed by atoms with E-state index in [0.717, 1.165) is 21.5 Å². The molecule has 0 unspecified atom stereocenters. The summed E-state index contributed by atoms with van der Waals surface area (Å²) in [5, 5.41) is 12.0. The second-order valence-electron chi connectivity index (χ2n) is 4.24. The average molecular weight is 332 g/mol. The van der Waals surface area contributed by atoms with Crippen LogP contribution < -0.4 is 15.8 Å². The molecule has 4 nitrogen and oxygen atoms in total. The smallest absolute Gasteiger partial charge is 0.133 e.